The van der Waals surface area contributed by atoms with E-state index in [1.54, 1.807) is 0 Å². The average molecular weight is 239 g/mol. The molecule has 0 rings (SSSR count). The minimum atomic E-state index is -3.54. The van der Waals surface area contributed by atoms with E-state index in [4.69, 9.17) is 10.2 Å². The number of aliphatic hydroxyl groups excluding tert-OH is 2. The maximum absolute atomic E-state index is 11.5. The fourth-order valence-corrected chi connectivity index (χ4v) is 1.07. The van der Waals surface area contributed by atoms with Crippen LogP contribution in [0.1, 0.15) is 13.8 Å². The second kappa shape index (κ2) is 4.91. The van der Waals surface area contributed by atoms with Gasteiger partial charge in [-0.25, -0.2) is 8.42 Å². The van der Waals surface area contributed by atoms with Crippen LogP contribution in [0.2, 0.25) is 0 Å². The van der Waals surface area contributed by atoms with Crippen molar-refractivity contribution in [1.82, 2.24) is 5.32 Å². The molecule has 0 aromatic carbocycles. The molecule has 0 aromatic rings. The smallest absolute Gasteiger partial charge is 0.241 e. The molecule has 0 heterocycles. The number of nitrogens with one attached hydrogen (secondary N) is 1. The molecule has 0 bridgehead atoms. The quantitative estimate of drug-likeness (QED) is 0.529. The van der Waals surface area contributed by atoms with Gasteiger partial charge in [0.25, 0.3) is 0 Å². The first-order valence-electron chi connectivity index (χ1n) is 4.39. The van der Waals surface area contributed by atoms with Gasteiger partial charge in [-0.05, 0) is 13.8 Å². The Balaban J connectivity index is 4.73. The van der Waals surface area contributed by atoms with Crippen molar-refractivity contribution in [2.45, 2.75) is 24.6 Å². The highest BCUT2D eigenvalue weighted by molar-refractivity contribution is 7.92. The van der Waals surface area contributed by atoms with Crippen LogP contribution in [0.15, 0.2) is 0 Å². The molecule has 0 spiro atoms. The van der Waals surface area contributed by atoms with E-state index in [0.29, 0.717) is 0 Å². The second-order valence-electron chi connectivity index (χ2n) is 3.82. The number of hydrogen-bond donors (Lipinski definition) is 3. The van der Waals surface area contributed by atoms with E-state index in [-0.39, 0.29) is 0 Å². The van der Waals surface area contributed by atoms with Crippen LogP contribution in [0.5, 0.6) is 0 Å². The first kappa shape index (κ1) is 14.3. The maximum atomic E-state index is 11.5. The van der Waals surface area contributed by atoms with E-state index >= 15 is 0 Å². The van der Waals surface area contributed by atoms with Crippen LogP contribution in [-0.4, -0.2) is 54.8 Å². The Morgan fingerprint density at radius 3 is 2.00 bits per heavy atom. The summed E-state index contributed by atoms with van der Waals surface area (Å²) in [6.07, 6.45) is 0.958. The zero-order valence-electron chi connectivity index (χ0n) is 9.02. The first-order valence-corrected chi connectivity index (χ1v) is 6.28. The van der Waals surface area contributed by atoms with Crippen molar-refractivity contribution < 1.29 is 23.4 Å². The minimum Gasteiger partial charge on any atom is -0.394 e. The molecule has 0 atom stereocenters. The van der Waals surface area contributed by atoms with Crippen LogP contribution in [-0.2, 0) is 14.6 Å². The lowest BCUT2D eigenvalue weighted by Crippen LogP contribution is -2.52. The first-order chi connectivity index (χ1) is 6.66. The highest BCUT2D eigenvalue weighted by Crippen LogP contribution is 2.15. The third-order valence-electron chi connectivity index (χ3n) is 2.25. The minimum absolute atomic E-state index is 0.442. The summed E-state index contributed by atoms with van der Waals surface area (Å²) in [4.78, 5) is 11.5. The Morgan fingerprint density at radius 2 is 1.73 bits per heavy atom. The molecule has 0 fully saturated rings. The van der Waals surface area contributed by atoms with Gasteiger partial charge < -0.3 is 15.5 Å². The summed E-state index contributed by atoms with van der Waals surface area (Å²) in [7, 11) is -3.54. The van der Waals surface area contributed by atoms with E-state index < -0.39 is 39.7 Å². The number of rotatable bonds is 5. The number of sulfone groups is 1. The summed E-state index contributed by atoms with van der Waals surface area (Å²) in [6.45, 7) is 1.65. The van der Waals surface area contributed by atoms with Crippen LogP contribution in [0.4, 0.5) is 0 Å². The Labute approximate surface area is 89.2 Å². The molecule has 0 unspecified atom stereocenters. The van der Waals surface area contributed by atoms with Gasteiger partial charge in [-0.15, -0.1) is 0 Å². The van der Waals surface area contributed by atoms with E-state index in [0.717, 1.165) is 6.26 Å². The van der Waals surface area contributed by atoms with Gasteiger partial charge in [-0.3, -0.25) is 4.79 Å². The van der Waals surface area contributed by atoms with Crippen molar-refractivity contribution in [3.8, 4) is 0 Å². The summed E-state index contributed by atoms with van der Waals surface area (Å²) in [5.41, 5.74) is 0. The van der Waals surface area contributed by atoms with Gasteiger partial charge in [0.2, 0.25) is 5.91 Å². The van der Waals surface area contributed by atoms with Crippen molar-refractivity contribution in [3.63, 3.8) is 0 Å². The molecule has 0 saturated carbocycles. The van der Waals surface area contributed by atoms with Gasteiger partial charge in [0.05, 0.1) is 19.3 Å². The van der Waals surface area contributed by atoms with Gasteiger partial charge in [0.15, 0.2) is 9.84 Å². The standard InChI is InChI=1S/C8H17NO5S/c1-8(2,15(3,13)14)7(12)9-6(4-10)5-11/h6,10-11H,4-5H2,1-3H3,(H,9,12). The summed E-state index contributed by atoms with van der Waals surface area (Å²) >= 11 is 0. The molecule has 0 aliphatic carbocycles. The third-order valence-corrected chi connectivity index (χ3v) is 4.29. The van der Waals surface area contributed by atoms with Gasteiger partial charge in [0, 0.05) is 6.26 Å². The molecule has 0 radical (unpaired) electrons. The van der Waals surface area contributed by atoms with E-state index in [2.05, 4.69) is 5.32 Å². The lowest BCUT2D eigenvalue weighted by molar-refractivity contribution is -0.124. The number of aliphatic hydroxyl groups is 2. The monoisotopic (exact) mass is 239 g/mol. The predicted octanol–water partition coefficient (Wildman–Crippen LogP) is -1.72. The van der Waals surface area contributed by atoms with Crippen molar-refractivity contribution >= 4 is 15.7 Å². The van der Waals surface area contributed by atoms with Gasteiger partial charge in [-0.2, -0.15) is 0 Å². The largest absolute Gasteiger partial charge is 0.394 e. The van der Waals surface area contributed by atoms with E-state index in [1.807, 2.05) is 0 Å². The van der Waals surface area contributed by atoms with Gasteiger partial charge in [-0.1, -0.05) is 0 Å². The zero-order valence-corrected chi connectivity index (χ0v) is 9.84. The molecule has 0 saturated heterocycles. The molecule has 7 heteroatoms. The van der Waals surface area contributed by atoms with Gasteiger partial charge >= 0.3 is 0 Å². The van der Waals surface area contributed by atoms with Crippen LogP contribution >= 0.6 is 0 Å². The van der Waals surface area contributed by atoms with Gasteiger partial charge in [0.1, 0.15) is 4.75 Å². The molecular weight excluding hydrogens is 222 g/mol. The SMILES string of the molecule is CC(C)(C(=O)NC(CO)CO)S(C)(=O)=O. The van der Waals surface area contributed by atoms with Crippen molar-refractivity contribution in [2.24, 2.45) is 0 Å². The predicted molar refractivity (Wildman–Crippen MR) is 55.0 cm³/mol. The lowest BCUT2D eigenvalue weighted by Gasteiger charge is -2.24. The average Bonchev–Trinajstić information content (AvgIpc) is 2.11. The fourth-order valence-electron chi connectivity index (χ4n) is 0.677. The van der Waals surface area contributed by atoms with Crippen molar-refractivity contribution in [3.05, 3.63) is 0 Å². The van der Waals surface area contributed by atoms with Crippen LogP contribution in [0, 0.1) is 0 Å². The Morgan fingerprint density at radius 1 is 1.33 bits per heavy atom. The number of amides is 1. The molecule has 1 amide bonds. The Kier molecular flexibility index (Phi) is 4.69. The zero-order chi connectivity index (χ0) is 12.3. The molecule has 90 valence electrons. The normalized spacial score (nSPS) is 12.9. The second-order valence-corrected chi connectivity index (χ2v) is 6.38. The molecule has 15 heavy (non-hydrogen) atoms. The summed E-state index contributed by atoms with van der Waals surface area (Å²) in [5.74, 6) is -0.738. The maximum Gasteiger partial charge on any atom is 0.241 e. The molecule has 0 aliphatic heterocycles. The van der Waals surface area contributed by atoms with Crippen LogP contribution in [0.3, 0.4) is 0 Å². The van der Waals surface area contributed by atoms with Crippen LogP contribution < -0.4 is 5.32 Å². The molecule has 0 aliphatic rings. The van der Waals surface area contributed by atoms with Crippen molar-refractivity contribution in [2.75, 3.05) is 19.5 Å². The highest BCUT2D eigenvalue weighted by atomic mass is 32.2. The van der Waals surface area contributed by atoms with E-state index in [9.17, 15) is 13.2 Å². The topological polar surface area (TPSA) is 104 Å². The molecule has 6 nitrogen and oxygen atoms in total. The third kappa shape index (κ3) is 3.44. The number of carbonyl (C=O) groups is 1. The fraction of sp³-hybridized carbons (Fsp3) is 0.875. The van der Waals surface area contributed by atoms with Crippen LogP contribution in [0.25, 0.3) is 0 Å². The molecule has 3 N–H and O–H groups in total. The number of carbonyl (C=O) groups excluding carboxylic acids is 1. The summed E-state index contributed by atoms with van der Waals surface area (Å²) < 4.78 is 21.0. The Bertz CT molecular complexity index is 318. The Hall–Kier alpha value is -0.660. The summed E-state index contributed by atoms with van der Waals surface area (Å²) in [5, 5.41) is 19.7. The summed E-state index contributed by atoms with van der Waals surface area (Å²) in [6, 6.07) is -0.835. The molecular formula is C8H17NO5S. The lowest BCUT2D eigenvalue weighted by atomic mass is 10.2. The van der Waals surface area contributed by atoms with E-state index in [1.165, 1.54) is 13.8 Å². The molecule has 0 aromatic heterocycles. The number of hydrogen-bond acceptors (Lipinski definition) is 5. The highest BCUT2D eigenvalue weighted by Gasteiger charge is 2.39. The van der Waals surface area contributed by atoms with Crippen molar-refractivity contribution in [1.29, 1.82) is 0 Å².